The quantitative estimate of drug-likeness (QED) is 0.513. The monoisotopic (exact) mass is 329 g/mol. The summed E-state index contributed by atoms with van der Waals surface area (Å²) < 4.78 is 2.39. The lowest BCUT2D eigenvalue weighted by Gasteiger charge is -1.95. The van der Waals surface area contributed by atoms with Crippen LogP contribution in [0.1, 0.15) is 0 Å². The Hall–Kier alpha value is -1.63. The minimum atomic E-state index is 0.890. The summed E-state index contributed by atoms with van der Waals surface area (Å²) in [5.74, 6) is 0. The molecule has 0 saturated heterocycles. The zero-order valence-electron chi connectivity index (χ0n) is 11.2. The first-order valence-corrected chi connectivity index (χ1v) is 9.25. The first-order valence-electron chi connectivity index (χ1n) is 6.39. The molecule has 104 valence electrons. The van der Waals surface area contributed by atoms with E-state index in [1.54, 1.807) is 34.4 Å². The van der Waals surface area contributed by atoms with E-state index in [0.717, 1.165) is 21.3 Å². The number of nitrogens with one attached hydrogen (secondary N) is 1. The Labute approximate surface area is 134 Å². The third kappa shape index (κ3) is 2.39. The molecule has 0 fully saturated rings. The lowest BCUT2D eigenvalue weighted by atomic mass is 10.3. The van der Waals surface area contributed by atoms with Gasteiger partial charge < -0.3 is 5.32 Å². The van der Waals surface area contributed by atoms with Crippen molar-refractivity contribution in [2.45, 2.75) is 4.90 Å². The van der Waals surface area contributed by atoms with Crippen LogP contribution in [-0.4, -0.2) is 16.2 Å². The Morgan fingerprint density at radius 1 is 0.905 bits per heavy atom. The van der Waals surface area contributed by atoms with Gasteiger partial charge in [0.2, 0.25) is 0 Å². The first-order chi connectivity index (χ1) is 10.3. The first kappa shape index (κ1) is 13.1. The van der Waals surface area contributed by atoms with Crippen LogP contribution < -0.4 is 5.32 Å². The molecule has 0 saturated carbocycles. The zero-order chi connectivity index (χ0) is 14.2. The van der Waals surface area contributed by atoms with Gasteiger partial charge in [-0.05, 0) is 30.5 Å². The topological polar surface area (TPSA) is 37.8 Å². The van der Waals surface area contributed by atoms with E-state index < -0.39 is 0 Å². The summed E-state index contributed by atoms with van der Waals surface area (Å²) in [4.78, 5) is 10.5. The van der Waals surface area contributed by atoms with Gasteiger partial charge in [0.25, 0.3) is 0 Å². The van der Waals surface area contributed by atoms with Gasteiger partial charge in [0.1, 0.15) is 0 Å². The van der Waals surface area contributed by atoms with E-state index >= 15 is 0 Å². The van der Waals surface area contributed by atoms with Crippen LogP contribution in [0.2, 0.25) is 0 Å². The van der Waals surface area contributed by atoms with Crippen LogP contribution in [0.25, 0.3) is 20.4 Å². The van der Waals surface area contributed by atoms with Crippen molar-refractivity contribution in [1.29, 1.82) is 0 Å². The predicted octanol–water partition coefficient (Wildman–Crippen LogP) is 5.37. The van der Waals surface area contributed by atoms with Gasteiger partial charge in [0.05, 0.1) is 20.4 Å². The molecule has 0 bridgehead atoms. The Kier molecular flexibility index (Phi) is 3.29. The Morgan fingerprint density at radius 2 is 1.67 bits per heavy atom. The van der Waals surface area contributed by atoms with E-state index in [0.29, 0.717) is 0 Å². The average molecular weight is 329 g/mol. The van der Waals surface area contributed by atoms with Crippen LogP contribution in [0.5, 0.6) is 0 Å². The molecule has 3 nitrogen and oxygen atoms in total. The number of rotatable bonds is 3. The van der Waals surface area contributed by atoms with E-state index in [9.17, 15) is 0 Å². The van der Waals surface area contributed by atoms with Crippen molar-refractivity contribution in [3.05, 3.63) is 42.5 Å². The Morgan fingerprint density at radius 3 is 2.52 bits per heavy atom. The van der Waals surface area contributed by atoms with E-state index in [2.05, 4.69) is 40.8 Å². The summed E-state index contributed by atoms with van der Waals surface area (Å²) in [6.07, 6.45) is 2.08. The number of fused-ring (bicyclic) bond motifs is 2. The van der Waals surface area contributed by atoms with Crippen LogP contribution in [0.3, 0.4) is 0 Å². The lowest BCUT2D eigenvalue weighted by molar-refractivity contribution is 1.37. The number of nitrogens with zero attached hydrogens (tertiary/aromatic N) is 2. The maximum atomic E-state index is 4.70. The largest absolute Gasteiger partial charge is 0.307 e. The highest BCUT2D eigenvalue weighted by atomic mass is 32.2. The average Bonchev–Trinajstić information content (AvgIpc) is 3.09. The van der Waals surface area contributed by atoms with E-state index in [1.807, 2.05) is 18.2 Å². The van der Waals surface area contributed by atoms with Gasteiger partial charge >= 0.3 is 0 Å². The standard InChI is InChI=1S/C15H11N3S3/c1-19-11-7-4-8-12-13(11)17-15(21-12)18-14-16-9-5-2-3-6-10(9)20-14/h2-8H,1H3,(H,16,17,18). The summed E-state index contributed by atoms with van der Waals surface area (Å²) >= 11 is 5.04. The van der Waals surface area contributed by atoms with Gasteiger partial charge in [-0.2, -0.15) is 0 Å². The van der Waals surface area contributed by atoms with Crippen molar-refractivity contribution in [3.63, 3.8) is 0 Å². The maximum absolute atomic E-state index is 4.70. The van der Waals surface area contributed by atoms with Crippen molar-refractivity contribution in [1.82, 2.24) is 9.97 Å². The number of aromatic nitrogens is 2. The molecule has 4 aromatic rings. The number of hydrogen-bond acceptors (Lipinski definition) is 6. The Balaban J connectivity index is 1.73. The summed E-state index contributed by atoms with van der Waals surface area (Å²) in [6.45, 7) is 0. The van der Waals surface area contributed by atoms with Crippen molar-refractivity contribution >= 4 is 65.1 Å². The Bertz CT molecular complexity index is 893. The second-order valence-corrected chi connectivity index (χ2v) is 7.35. The molecule has 0 spiro atoms. The zero-order valence-corrected chi connectivity index (χ0v) is 13.6. The second-order valence-electron chi connectivity index (χ2n) is 4.44. The van der Waals surface area contributed by atoms with Crippen LogP contribution in [0.4, 0.5) is 10.3 Å². The molecule has 1 N–H and O–H groups in total. The normalized spacial score (nSPS) is 11.3. The number of para-hydroxylation sites is 2. The number of anilines is 2. The maximum Gasteiger partial charge on any atom is 0.190 e. The van der Waals surface area contributed by atoms with Gasteiger partial charge in [-0.1, -0.05) is 40.9 Å². The highest BCUT2D eigenvalue weighted by molar-refractivity contribution is 7.98. The van der Waals surface area contributed by atoms with Crippen LogP contribution >= 0.6 is 34.4 Å². The van der Waals surface area contributed by atoms with Crippen molar-refractivity contribution < 1.29 is 0 Å². The fourth-order valence-electron chi connectivity index (χ4n) is 2.16. The molecule has 0 aliphatic heterocycles. The molecular formula is C15H11N3S3. The smallest absolute Gasteiger partial charge is 0.190 e. The molecule has 4 rings (SSSR count). The predicted molar refractivity (Wildman–Crippen MR) is 94.3 cm³/mol. The number of benzene rings is 2. The van der Waals surface area contributed by atoms with Gasteiger partial charge in [0.15, 0.2) is 10.3 Å². The van der Waals surface area contributed by atoms with Crippen molar-refractivity contribution in [2.75, 3.05) is 11.6 Å². The minimum absolute atomic E-state index is 0.890. The highest BCUT2D eigenvalue weighted by Gasteiger charge is 2.09. The molecule has 2 aromatic carbocycles. The molecule has 6 heteroatoms. The molecule has 21 heavy (non-hydrogen) atoms. The molecule has 2 heterocycles. The minimum Gasteiger partial charge on any atom is -0.307 e. The van der Waals surface area contributed by atoms with Gasteiger partial charge in [0, 0.05) is 4.90 Å². The molecule has 0 amide bonds. The van der Waals surface area contributed by atoms with Gasteiger partial charge in [-0.15, -0.1) is 11.8 Å². The fraction of sp³-hybridized carbons (Fsp3) is 0.0667. The SMILES string of the molecule is CSc1cccc2sc(Nc3nc4ccccc4s3)nc12. The van der Waals surface area contributed by atoms with Crippen LogP contribution in [0.15, 0.2) is 47.4 Å². The summed E-state index contributed by atoms with van der Waals surface area (Å²) in [5, 5.41) is 5.12. The molecule has 0 aliphatic carbocycles. The third-order valence-corrected chi connectivity index (χ3v) is 5.77. The van der Waals surface area contributed by atoms with E-state index in [-0.39, 0.29) is 0 Å². The highest BCUT2D eigenvalue weighted by Crippen LogP contribution is 2.35. The van der Waals surface area contributed by atoms with Crippen LogP contribution in [0, 0.1) is 0 Å². The summed E-state index contributed by atoms with van der Waals surface area (Å²) in [7, 11) is 0. The molecular weight excluding hydrogens is 318 g/mol. The van der Waals surface area contributed by atoms with Crippen molar-refractivity contribution in [2.24, 2.45) is 0 Å². The molecule has 2 aromatic heterocycles. The van der Waals surface area contributed by atoms with E-state index in [4.69, 9.17) is 4.98 Å². The van der Waals surface area contributed by atoms with Crippen LogP contribution in [-0.2, 0) is 0 Å². The third-order valence-electron chi connectivity index (χ3n) is 3.11. The lowest BCUT2D eigenvalue weighted by Crippen LogP contribution is -1.87. The molecule has 0 unspecified atom stereocenters. The van der Waals surface area contributed by atoms with E-state index in [1.165, 1.54) is 14.3 Å². The number of thiazole rings is 2. The molecule has 0 radical (unpaired) electrons. The van der Waals surface area contributed by atoms with Gasteiger partial charge in [-0.3, -0.25) is 0 Å². The molecule has 0 aliphatic rings. The summed E-state index contributed by atoms with van der Waals surface area (Å²) in [5.41, 5.74) is 2.09. The van der Waals surface area contributed by atoms with Crippen molar-refractivity contribution in [3.8, 4) is 0 Å². The fourth-order valence-corrected chi connectivity index (χ4v) is 4.61. The number of hydrogen-bond donors (Lipinski definition) is 1. The van der Waals surface area contributed by atoms with Gasteiger partial charge in [-0.25, -0.2) is 9.97 Å². The number of thioether (sulfide) groups is 1. The molecule has 0 atom stereocenters. The summed E-state index contributed by atoms with van der Waals surface area (Å²) in [6, 6.07) is 14.4. The second kappa shape index (κ2) is 5.29.